The molecule has 0 radical (unpaired) electrons. The van der Waals surface area contributed by atoms with Gasteiger partial charge in [-0.15, -0.1) is 0 Å². The summed E-state index contributed by atoms with van der Waals surface area (Å²) in [7, 11) is 0. The van der Waals surface area contributed by atoms with Crippen molar-refractivity contribution < 1.29 is 4.79 Å². The molecule has 4 nitrogen and oxygen atoms in total. The van der Waals surface area contributed by atoms with Crippen molar-refractivity contribution in [2.45, 2.75) is 39.0 Å². The van der Waals surface area contributed by atoms with E-state index in [4.69, 9.17) is 5.73 Å². The topological polar surface area (TPSA) is 68.0 Å². The zero-order valence-corrected chi connectivity index (χ0v) is 11.9. The largest absolute Gasteiger partial charge is 0.320 e. The molecule has 1 saturated carbocycles. The molecule has 1 aliphatic rings. The van der Waals surface area contributed by atoms with Crippen molar-refractivity contribution in [1.29, 1.82) is 0 Å². The fourth-order valence-electron chi connectivity index (χ4n) is 2.54. The van der Waals surface area contributed by atoms with Crippen LogP contribution in [0.1, 0.15) is 44.7 Å². The lowest BCUT2D eigenvalue weighted by Gasteiger charge is -2.31. The van der Waals surface area contributed by atoms with Crippen molar-refractivity contribution in [2.75, 3.05) is 11.9 Å². The van der Waals surface area contributed by atoms with Gasteiger partial charge in [0.25, 0.3) is 0 Å². The summed E-state index contributed by atoms with van der Waals surface area (Å²) in [5, 5.41) is 2.92. The summed E-state index contributed by atoms with van der Waals surface area (Å²) < 4.78 is 0. The third-order valence-corrected chi connectivity index (χ3v) is 3.81. The third kappa shape index (κ3) is 3.58. The maximum Gasteiger partial charge on any atom is 0.231 e. The zero-order chi connectivity index (χ0) is 14.4. The number of hydrogen-bond acceptors (Lipinski definition) is 3. The van der Waals surface area contributed by atoms with Crippen LogP contribution >= 0.6 is 0 Å². The van der Waals surface area contributed by atoms with Crippen LogP contribution in [0.4, 0.5) is 5.82 Å². The third-order valence-electron chi connectivity index (χ3n) is 3.81. The fourth-order valence-corrected chi connectivity index (χ4v) is 2.54. The van der Waals surface area contributed by atoms with Gasteiger partial charge >= 0.3 is 0 Å². The van der Waals surface area contributed by atoms with E-state index in [0.29, 0.717) is 18.1 Å². The molecule has 0 saturated heterocycles. The Morgan fingerprint density at radius 3 is 2.85 bits per heavy atom. The molecule has 1 aromatic rings. The average Bonchev–Trinajstić information content (AvgIpc) is 2.46. The number of nitrogens with zero attached hydrogens (tertiary/aromatic N) is 1. The molecule has 20 heavy (non-hydrogen) atoms. The number of hydrogen-bond donors (Lipinski definition) is 2. The van der Waals surface area contributed by atoms with E-state index >= 15 is 0 Å². The molecule has 1 aliphatic carbocycles. The fraction of sp³-hybridized carbons (Fsp3) is 0.500. The number of carbonyl (C=O) groups excluding carboxylic acids is 1. The summed E-state index contributed by atoms with van der Waals surface area (Å²) in [5.74, 6) is 6.25. The smallest absolute Gasteiger partial charge is 0.231 e. The Labute approximate surface area is 120 Å². The Morgan fingerprint density at radius 1 is 1.40 bits per heavy atom. The number of aromatic nitrogens is 1. The molecular weight excluding hydrogens is 250 g/mol. The van der Waals surface area contributed by atoms with E-state index in [2.05, 4.69) is 22.1 Å². The van der Waals surface area contributed by atoms with Crippen molar-refractivity contribution in [3.8, 4) is 11.8 Å². The van der Waals surface area contributed by atoms with E-state index < -0.39 is 0 Å². The summed E-state index contributed by atoms with van der Waals surface area (Å²) in [4.78, 5) is 16.7. The second kappa shape index (κ2) is 6.53. The van der Waals surface area contributed by atoms with Crippen LogP contribution in [-0.2, 0) is 4.79 Å². The summed E-state index contributed by atoms with van der Waals surface area (Å²) >= 11 is 0. The van der Waals surface area contributed by atoms with Crippen LogP contribution < -0.4 is 11.1 Å². The normalized spacial score (nSPS) is 16.9. The first kappa shape index (κ1) is 14.5. The minimum atomic E-state index is -0.265. The highest BCUT2D eigenvalue weighted by Crippen LogP contribution is 2.36. The van der Waals surface area contributed by atoms with Gasteiger partial charge in [-0.3, -0.25) is 4.79 Å². The van der Waals surface area contributed by atoms with Gasteiger partial charge in [0.05, 0.1) is 6.54 Å². The number of carbonyl (C=O) groups is 1. The van der Waals surface area contributed by atoms with Gasteiger partial charge < -0.3 is 11.1 Å². The van der Waals surface area contributed by atoms with Crippen LogP contribution in [0.25, 0.3) is 0 Å². The van der Waals surface area contributed by atoms with Crippen LogP contribution in [-0.4, -0.2) is 17.4 Å². The Hall–Kier alpha value is -1.86. The summed E-state index contributed by atoms with van der Waals surface area (Å²) in [6.07, 6.45) is 5.38. The molecule has 1 aromatic heterocycles. The highest BCUT2D eigenvalue weighted by atomic mass is 16.2. The average molecular weight is 271 g/mol. The molecule has 0 spiro atoms. The number of pyridine rings is 1. The SMILES string of the molecule is CC1(C(=O)Nc2cccc(C#CCN)n2)CCCCC1. The molecular formula is C16H21N3O. The molecule has 1 amide bonds. The minimum absolute atomic E-state index is 0.0636. The van der Waals surface area contributed by atoms with Crippen molar-refractivity contribution in [1.82, 2.24) is 4.98 Å². The second-order valence-electron chi connectivity index (χ2n) is 5.49. The predicted molar refractivity (Wildman–Crippen MR) is 80.0 cm³/mol. The highest BCUT2D eigenvalue weighted by Gasteiger charge is 2.34. The standard InChI is InChI=1S/C16H21N3O/c1-16(10-3-2-4-11-16)15(20)19-14-9-5-7-13(18-14)8-6-12-17/h5,7,9H,2-4,10-12,17H2,1H3,(H,18,19,20). The molecule has 3 N–H and O–H groups in total. The first-order valence-electron chi connectivity index (χ1n) is 7.11. The van der Waals surface area contributed by atoms with Gasteiger partial charge in [0, 0.05) is 5.41 Å². The molecule has 4 heteroatoms. The van der Waals surface area contributed by atoms with E-state index in [1.165, 1.54) is 6.42 Å². The van der Waals surface area contributed by atoms with Gasteiger partial charge in [-0.25, -0.2) is 4.98 Å². The molecule has 2 rings (SSSR count). The van der Waals surface area contributed by atoms with Gasteiger partial charge in [-0.05, 0) is 30.9 Å². The van der Waals surface area contributed by atoms with Crippen molar-refractivity contribution in [2.24, 2.45) is 11.1 Å². The van der Waals surface area contributed by atoms with Crippen LogP contribution in [0, 0.1) is 17.3 Å². The zero-order valence-electron chi connectivity index (χ0n) is 11.9. The van der Waals surface area contributed by atoms with Gasteiger partial charge in [0.2, 0.25) is 5.91 Å². The highest BCUT2D eigenvalue weighted by molar-refractivity contribution is 5.94. The minimum Gasteiger partial charge on any atom is -0.320 e. The van der Waals surface area contributed by atoms with Gasteiger partial charge in [0.1, 0.15) is 11.5 Å². The molecule has 0 aliphatic heterocycles. The van der Waals surface area contributed by atoms with E-state index in [9.17, 15) is 4.79 Å². The van der Waals surface area contributed by atoms with Gasteiger partial charge in [0.15, 0.2) is 0 Å². The molecule has 0 unspecified atom stereocenters. The number of amides is 1. The van der Waals surface area contributed by atoms with E-state index in [-0.39, 0.29) is 11.3 Å². The lowest BCUT2D eigenvalue weighted by Crippen LogP contribution is -2.35. The Morgan fingerprint density at radius 2 is 2.15 bits per heavy atom. The molecule has 0 aromatic carbocycles. The van der Waals surface area contributed by atoms with E-state index in [0.717, 1.165) is 25.7 Å². The van der Waals surface area contributed by atoms with Crippen LogP contribution in [0.2, 0.25) is 0 Å². The quantitative estimate of drug-likeness (QED) is 0.811. The Balaban J connectivity index is 2.07. The van der Waals surface area contributed by atoms with Crippen molar-refractivity contribution in [3.05, 3.63) is 23.9 Å². The molecule has 1 fully saturated rings. The monoisotopic (exact) mass is 271 g/mol. The summed E-state index contributed by atoms with van der Waals surface area (Å²) in [6, 6.07) is 5.44. The van der Waals surface area contributed by atoms with Crippen LogP contribution in [0.3, 0.4) is 0 Å². The summed E-state index contributed by atoms with van der Waals surface area (Å²) in [6.45, 7) is 2.34. The van der Waals surface area contributed by atoms with Crippen molar-refractivity contribution >= 4 is 11.7 Å². The van der Waals surface area contributed by atoms with Crippen LogP contribution in [0.5, 0.6) is 0 Å². The molecule has 0 atom stereocenters. The number of nitrogens with one attached hydrogen (secondary N) is 1. The first-order chi connectivity index (χ1) is 9.64. The van der Waals surface area contributed by atoms with Crippen molar-refractivity contribution in [3.63, 3.8) is 0 Å². The Bertz CT molecular complexity index is 536. The van der Waals surface area contributed by atoms with E-state index in [1.807, 2.05) is 13.0 Å². The Kier molecular flexibility index (Phi) is 4.75. The van der Waals surface area contributed by atoms with Crippen LogP contribution in [0.15, 0.2) is 18.2 Å². The maximum absolute atomic E-state index is 12.4. The van der Waals surface area contributed by atoms with E-state index in [1.54, 1.807) is 12.1 Å². The first-order valence-corrected chi connectivity index (χ1v) is 7.11. The number of rotatable bonds is 2. The molecule has 0 bridgehead atoms. The van der Waals surface area contributed by atoms with Gasteiger partial charge in [-0.1, -0.05) is 38.2 Å². The summed E-state index contributed by atoms with van der Waals surface area (Å²) in [5.41, 5.74) is 5.70. The second-order valence-corrected chi connectivity index (χ2v) is 5.49. The number of nitrogens with two attached hydrogens (primary N) is 1. The lowest BCUT2D eigenvalue weighted by molar-refractivity contribution is -0.126. The van der Waals surface area contributed by atoms with Gasteiger partial charge in [-0.2, -0.15) is 0 Å². The predicted octanol–water partition coefficient (Wildman–Crippen LogP) is 2.30. The number of anilines is 1. The maximum atomic E-state index is 12.4. The molecule has 106 valence electrons. The lowest BCUT2D eigenvalue weighted by atomic mass is 9.75. The molecule has 1 heterocycles.